The fourth-order valence-electron chi connectivity index (χ4n) is 1.86. The third kappa shape index (κ3) is 2.07. The molecule has 1 N–H and O–H groups in total. The van der Waals surface area contributed by atoms with Crippen LogP contribution < -0.4 is 4.74 Å². The molecule has 100 valence electrons. The van der Waals surface area contributed by atoms with E-state index in [2.05, 4.69) is 15.3 Å². The molecule has 6 heteroatoms. The van der Waals surface area contributed by atoms with Gasteiger partial charge in [-0.3, -0.25) is 4.98 Å². The van der Waals surface area contributed by atoms with Gasteiger partial charge >= 0.3 is 0 Å². The minimum atomic E-state index is -0.0248. The first-order chi connectivity index (χ1) is 9.79. The summed E-state index contributed by atoms with van der Waals surface area (Å²) >= 11 is 0. The fourth-order valence-corrected chi connectivity index (χ4v) is 1.86. The van der Waals surface area contributed by atoms with Crippen LogP contribution in [-0.4, -0.2) is 32.2 Å². The first-order valence-corrected chi connectivity index (χ1v) is 5.99. The minimum absolute atomic E-state index is 0.0248. The molecule has 0 spiro atoms. The second-order valence-electron chi connectivity index (χ2n) is 4.11. The molecule has 0 amide bonds. The summed E-state index contributed by atoms with van der Waals surface area (Å²) in [5.41, 5.74) is 1.81. The van der Waals surface area contributed by atoms with Gasteiger partial charge in [-0.25, -0.2) is 0 Å². The maximum Gasteiger partial charge on any atom is 0.243 e. The molecule has 0 fully saturated rings. The summed E-state index contributed by atoms with van der Waals surface area (Å²) in [6.45, 7) is 0. The van der Waals surface area contributed by atoms with Crippen molar-refractivity contribution in [2.45, 2.75) is 0 Å². The summed E-state index contributed by atoms with van der Waals surface area (Å²) in [7, 11) is 1.60. The van der Waals surface area contributed by atoms with E-state index in [-0.39, 0.29) is 5.88 Å². The van der Waals surface area contributed by atoms with Gasteiger partial charge in [-0.2, -0.15) is 4.68 Å². The summed E-state index contributed by atoms with van der Waals surface area (Å²) in [5.74, 6) is 0.712. The number of hydrogen-bond donors (Lipinski definition) is 1. The Kier molecular flexibility index (Phi) is 3.04. The fraction of sp³-hybridized carbons (Fsp3) is 0.0714. The normalized spacial score (nSPS) is 10.4. The number of hydrogen-bond acceptors (Lipinski definition) is 5. The number of nitrogens with zero attached hydrogens (tertiary/aromatic N) is 4. The van der Waals surface area contributed by atoms with Gasteiger partial charge in [-0.15, -0.1) is 5.10 Å². The van der Waals surface area contributed by atoms with E-state index in [1.165, 1.54) is 4.68 Å². The van der Waals surface area contributed by atoms with Gasteiger partial charge in [0.05, 0.1) is 12.8 Å². The van der Waals surface area contributed by atoms with Crippen molar-refractivity contribution < 1.29 is 9.84 Å². The number of pyridine rings is 1. The molecule has 20 heavy (non-hydrogen) atoms. The van der Waals surface area contributed by atoms with Crippen LogP contribution in [-0.2, 0) is 0 Å². The average molecular weight is 268 g/mol. The van der Waals surface area contributed by atoms with Crippen LogP contribution in [0.1, 0.15) is 0 Å². The zero-order valence-electron chi connectivity index (χ0n) is 10.8. The number of aromatic hydroxyl groups is 1. The summed E-state index contributed by atoms with van der Waals surface area (Å²) < 4.78 is 6.46. The van der Waals surface area contributed by atoms with E-state index < -0.39 is 0 Å². The SMILES string of the molecule is COc1ccc(-n2nnc(-c3cccnc3)c2O)cc1. The van der Waals surface area contributed by atoms with Gasteiger partial charge in [0.1, 0.15) is 5.75 Å². The van der Waals surface area contributed by atoms with Gasteiger partial charge in [0, 0.05) is 18.0 Å². The lowest BCUT2D eigenvalue weighted by Gasteiger charge is -2.04. The first kappa shape index (κ1) is 12.2. The molecule has 0 bridgehead atoms. The van der Waals surface area contributed by atoms with Gasteiger partial charge in [0.15, 0.2) is 5.69 Å². The molecule has 0 aliphatic carbocycles. The molecular weight excluding hydrogens is 256 g/mol. The summed E-state index contributed by atoms with van der Waals surface area (Å²) in [6, 6.07) is 10.8. The lowest BCUT2D eigenvalue weighted by Crippen LogP contribution is -1.96. The first-order valence-electron chi connectivity index (χ1n) is 5.99. The third-order valence-electron chi connectivity index (χ3n) is 2.90. The molecular formula is C14H12N4O2. The number of methoxy groups -OCH3 is 1. The maximum atomic E-state index is 10.2. The Morgan fingerprint density at radius 3 is 2.60 bits per heavy atom. The highest BCUT2D eigenvalue weighted by molar-refractivity contribution is 5.63. The quantitative estimate of drug-likeness (QED) is 0.787. The smallest absolute Gasteiger partial charge is 0.243 e. The van der Waals surface area contributed by atoms with Crippen molar-refractivity contribution >= 4 is 0 Å². The molecule has 2 heterocycles. The highest BCUT2D eigenvalue weighted by Gasteiger charge is 2.14. The van der Waals surface area contributed by atoms with Crippen molar-refractivity contribution in [2.24, 2.45) is 0 Å². The standard InChI is InChI=1S/C14H12N4O2/c1-20-12-6-4-11(5-7-12)18-14(19)13(16-17-18)10-3-2-8-15-9-10/h2-9,19H,1H3. The van der Waals surface area contributed by atoms with Crippen molar-refractivity contribution in [3.63, 3.8) is 0 Å². The molecule has 3 rings (SSSR count). The third-order valence-corrected chi connectivity index (χ3v) is 2.90. The average Bonchev–Trinajstić information content (AvgIpc) is 2.90. The molecule has 0 aliphatic heterocycles. The number of benzene rings is 1. The molecule has 0 aliphatic rings. The van der Waals surface area contributed by atoms with E-state index in [1.807, 2.05) is 6.07 Å². The van der Waals surface area contributed by atoms with Crippen LogP contribution in [0.2, 0.25) is 0 Å². The lowest BCUT2D eigenvalue weighted by molar-refractivity contribution is 0.414. The Morgan fingerprint density at radius 1 is 1.15 bits per heavy atom. The van der Waals surface area contributed by atoms with Crippen molar-refractivity contribution in [1.29, 1.82) is 0 Å². The van der Waals surface area contributed by atoms with Crippen LogP contribution in [0.25, 0.3) is 16.9 Å². The van der Waals surface area contributed by atoms with Crippen LogP contribution >= 0.6 is 0 Å². The summed E-state index contributed by atoms with van der Waals surface area (Å²) in [4.78, 5) is 4.00. The van der Waals surface area contributed by atoms with Crippen molar-refractivity contribution in [3.05, 3.63) is 48.8 Å². The van der Waals surface area contributed by atoms with E-state index in [9.17, 15) is 5.11 Å². The van der Waals surface area contributed by atoms with Gasteiger partial charge in [-0.05, 0) is 36.4 Å². The highest BCUT2D eigenvalue weighted by Crippen LogP contribution is 2.28. The Morgan fingerprint density at radius 2 is 1.95 bits per heavy atom. The van der Waals surface area contributed by atoms with Gasteiger partial charge in [0.2, 0.25) is 5.88 Å². The largest absolute Gasteiger partial charge is 0.497 e. The minimum Gasteiger partial charge on any atom is -0.497 e. The van der Waals surface area contributed by atoms with Crippen LogP contribution in [0.15, 0.2) is 48.8 Å². The summed E-state index contributed by atoms with van der Waals surface area (Å²) in [6.07, 6.45) is 3.29. The van der Waals surface area contributed by atoms with E-state index >= 15 is 0 Å². The predicted octanol–water partition coefficient (Wildman–Crippen LogP) is 2.04. The zero-order chi connectivity index (χ0) is 13.9. The molecule has 6 nitrogen and oxygen atoms in total. The monoisotopic (exact) mass is 268 g/mol. The molecule has 0 saturated carbocycles. The predicted molar refractivity (Wildman–Crippen MR) is 72.8 cm³/mol. The van der Waals surface area contributed by atoms with Gasteiger partial charge < -0.3 is 9.84 Å². The van der Waals surface area contributed by atoms with E-state index in [1.54, 1.807) is 49.8 Å². The second kappa shape index (κ2) is 5.00. The molecule has 2 aromatic heterocycles. The molecule has 0 atom stereocenters. The Bertz CT molecular complexity index is 708. The molecule has 0 radical (unpaired) electrons. The lowest BCUT2D eigenvalue weighted by atomic mass is 10.2. The topological polar surface area (TPSA) is 73.1 Å². The molecule has 0 unspecified atom stereocenters. The second-order valence-corrected chi connectivity index (χ2v) is 4.11. The Labute approximate surface area is 115 Å². The van der Waals surface area contributed by atoms with Gasteiger partial charge in [0.25, 0.3) is 0 Å². The van der Waals surface area contributed by atoms with E-state index in [4.69, 9.17) is 4.74 Å². The van der Waals surface area contributed by atoms with Crippen molar-refractivity contribution in [2.75, 3.05) is 7.11 Å². The molecule has 0 saturated heterocycles. The van der Waals surface area contributed by atoms with Crippen LogP contribution in [0.3, 0.4) is 0 Å². The van der Waals surface area contributed by atoms with Crippen LogP contribution in [0.4, 0.5) is 0 Å². The highest BCUT2D eigenvalue weighted by atomic mass is 16.5. The number of aromatic nitrogens is 4. The molecule has 1 aromatic carbocycles. The van der Waals surface area contributed by atoms with E-state index in [0.29, 0.717) is 16.9 Å². The number of ether oxygens (including phenoxy) is 1. The van der Waals surface area contributed by atoms with Crippen LogP contribution in [0.5, 0.6) is 11.6 Å². The summed E-state index contributed by atoms with van der Waals surface area (Å²) in [5, 5.41) is 18.2. The Hall–Kier alpha value is -2.89. The van der Waals surface area contributed by atoms with Crippen molar-refractivity contribution in [1.82, 2.24) is 20.0 Å². The zero-order valence-corrected chi connectivity index (χ0v) is 10.8. The van der Waals surface area contributed by atoms with E-state index in [0.717, 1.165) is 5.75 Å². The van der Waals surface area contributed by atoms with Crippen molar-refractivity contribution in [3.8, 4) is 28.6 Å². The van der Waals surface area contributed by atoms with Gasteiger partial charge in [-0.1, -0.05) is 5.21 Å². The van der Waals surface area contributed by atoms with Crippen LogP contribution in [0, 0.1) is 0 Å². The Balaban J connectivity index is 2.01. The maximum absolute atomic E-state index is 10.2. The molecule has 3 aromatic rings. The number of rotatable bonds is 3.